The fraction of sp³-hybridized carbons (Fsp3) is 0.182. The number of carbonyl (C=O) groups excluding carboxylic acids is 2. The summed E-state index contributed by atoms with van der Waals surface area (Å²) < 4.78 is 1.75. The summed E-state index contributed by atoms with van der Waals surface area (Å²) in [5.74, 6) is -0.205. The summed E-state index contributed by atoms with van der Waals surface area (Å²) in [6.45, 7) is 5.90. The molecule has 0 unspecified atom stereocenters. The minimum absolute atomic E-state index is 0.0426. The second kappa shape index (κ2) is 11.4. The van der Waals surface area contributed by atoms with Crippen molar-refractivity contribution in [2.45, 2.75) is 24.7 Å². The second-order valence-corrected chi connectivity index (χ2v) is 8.41. The highest BCUT2D eigenvalue weighted by Crippen LogP contribution is 2.27. The predicted octanol–water partition coefficient (Wildman–Crippen LogP) is 4.25. The van der Waals surface area contributed by atoms with Gasteiger partial charge in [-0.3, -0.25) is 19.7 Å². The summed E-state index contributed by atoms with van der Waals surface area (Å²) in [5.41, 5.74) is 0.483. The highest BCUT2D eigenvalue weighted by atomic mass is 35.5. The number of amides is 2. The Bertz CT molecular complexity index is 1220. The van der Waals surface area contributed by atoms with Crippen LogP contribution in [0.3, 0.4) is 0 Å². The molecule has 176 valence electrons. The van der Waals surface area contributed by atoms with Gasteiger partial charge in [0.15, 0.2) is 11.0 Å². The summed E-state index contributed by atoms with van der Waals surface area (Å²) in [6.07, 6.45) is 1.66. The molecule has 34 heavy (non-hydrogen) atoms. The third-order valence-electron chi connectivity index (χ3n) is 4.60. The molecule has 3 aromatic rings. The first-order valence-corrected chi connectivity index (χ1v) is 11.4. The highest BCUT2D eigenvalue weighted by Gasteiger charge is 2.21. The van der Waals surface area contributed by atoms with E-state index in [1.807, 2.05) is 6.07 Å². The van der Waals surface area contributed by atoms with E-state index in [0.29, 0.717) is 23.1 Å². The Morgan fingerprint density at radius 2 is 2.00 bits per heavy atom. The summed E-state index contributed by atoms with van der Waals surface area (Å²) in [4.78, 5) is 35.3. The number of nitrogens with one attached hydrogen (secondary N) is 2. The minimum atomic E-state index is -0.572. The summed E-state index contributed by atoms with van der Waals surface area (Å²) in [6, 6.07) is 12.2. The van der Waals surface area contributed by atoms with Gasteiger partial charge >= 0.3 is 0 Å². The number of anilines is 1. The van der Waals surface area contributed by atoms with E-state index in [0.717, 1.165) is 11.8 Å². The molecule has 3 rings (SSSR count). The van der Waals surface area contributed by atoms with E-state index < -0.39 is 16.9 Å². The zero-order valence-electron chi connectivity index (χ0n) is 18.1. The smallest absolute Gasteiger partial charge is 0.271 e. The number of non-ortho nitro benzene ring substituents is 1. The van der Waals surface area contributed by atoms with Crippen LogP contribution in [0.4, 0.5) is 11.4 Å². The Kier molecular flexibility index (Phi) is 8.39. The van der Waals surface area contributed by atoms with E-state index in [9.17, 15) is 19.7 Å². The van der Waals surface area contributed by atoms with Gasteiger partial charge in [-0.1, -0.05) is 47.6 Å². The summed E-state index contributed by atoms with van der Waals surface area (Å²) >= 11 is 7.16. The molecule has 2 amide bonds. The quantitative estimate of drug-likeness (QED) is 0.184. The van der Waals surface area contributed by atoms with Crippen molar-refractivity contribution in [1.29, 1.82) is 0 Å². The third kappa shape index (κ3) is 6.21. The zero-order chi connectivity index (χ0) is 24.7. The molecule has 0 fully saturated rings. The Balaban J connectivity index is 1.68. The molecule has 2 N–H and O–H groups in total. The predicted molar refractivity (Wildman–Crippen MR) is 130 cm³/mol. The monoisotopic (exact) mass is 500 g/mol. The molecule has 1 aromatic heterocycles. The molecule has 0 spiro atoms. The van der Waals surface area contributed by atoms with Crippen molar-refractivity contribution in [3.8, 4) is 0 Å². The van der Waals surface area contributed by atoms with Crippen LogP contribution in [0.15, 0.2) is 66.3 Å². The molecule has 0 aliphatic carbocycles. The number of rotatable bonds is 10. The average molecular weight is 501 g/mol. The van der Waals surface area contributed by atoms with Crippen LogP contribution < -0.4 is 10.6 Å². The first kappa shape index (κ1) is 24.9. The lowest BCUT2D eigenvalue weighted by Gasteiger charge is -2.15. The Labute approximate surface area is 204 Å². The van der Waals surface area contributed by atoms with Gasteiger partial charge in [-0.2, -0.15) is 0 Å². The molecule has 0 saturated carbocycles. The number of hydrogen-bond acceptors (Lipinski definition) is 7. The van der Waals surface area contributed by atoms with E-state index in [1.165, 1.54) is 18.2 Å². The first-order valence-electron chi connectivity index (χ1n) is 10.1. The maximum atomic E-state index is 12.5. The van der Waals surface area contributed by atoms with E-state index in [2.05, 4.69) is 27.4 Å². The normalized spacial score (nSPS) is 11.5. The molecule has 0 radical (unpaired) electrons. The first-order chi connectivity index (χ1) is 16.3. The molecule has 0 bridgehead atoms. The maximum Gasteiger partial charge on any atom is 0.271 e. The van der Waals surface area contributed by atoms with Gasteiger partial charge in [0.1, 0.15) is 0 Å². The number of carbonyl (C=O) groups is 2. The van der Waals surface area contributed by atoms with Crippen LogP contribution in [0.5, 0.6) is 0 Å². The van der Waals surface area contributed by atoms with E-state index >= 15 is 0 Å². The second-order valence-electron chi connectivity index (χ2n) is 7.06. The van der Waals surface area contributed by atoms with Gasteiger partial charge < -0.3 is 15.2 Å². The summed E-state index contributed by atoms with van der Waals surface area (Å²) in [7, 11) is 0. The highest BCUT2D eigenvalue weighted by molar-refractivity contribution is 7.99. The lowest BCUT2D eigenvalue weighted by Crippen LogP contribution is -2.28. The maximum absolute atomic E-state index is 12.5. The molecule has 1 atom stereocenters. The zero-order valence-corrected chi connectivity index (χ0v) is 19.7. The Morgan fingerprint density at radius 3 is 2.68 bits per heavy atom. The number of hydrogen-bond donors (Lipinski definition) is 2. The van der Waals surface area contributed by atoms with Gasteiger partial charge in [0.25, 0.3) is 11.6 Å². The van der Waals surface area contributed by atoms with E-state index in [4.69, 9.17) is 11.6 Å². The van der Waals surface area contributed by atoms with E-state index in [-0.39, 0.29) is 28.1 Å². The van der Waals surface area contributed by atoms with Crippen molar-refractivity contribution in [3.05, 3.63) is 87.7 Å². The Hall–Kier alpha value is -3.70. The topological polar surface area (TPSA) is 132 Å². The largest absolute Gasteiger partial charge is 0.342 e. The average Bonchev–Trinajstić information content (AvgIpc) is 3.22. The van der Waals surface area contributed by atoms with Crippen LogP contribution in [-0.2, 0) is 11.3 Å². The molecule has 0 aliphatic heterocycles. The van der Waals surface area contributed by atoms with Gasteiger partial charge in [-0.25, -0.2) is 0 Å². The SMILES string of the molecule is C=CCn1c(SCC(=O)Nc2cc([N+](=O)[O-])ccc2Cl)nnc1[C@@H](C)NC(=O)c1ccccc1. The standard InChI is InChI=1S/C22H21ClN6O4S/c1-3-11-28-20(14(2)24-21(31)15-7-5-4-6-8-15)26-27-22(28)34-13-19(30)25-18-12-16(29(32)33)9-10-17(18)23/h3-10,12,14H,1,11,13H2,2H3,(H,24,31)(H,25,30)/t14-/m1/s1. The fourth-order valence-electron chi connectivity index (χ4n) is 3.00. The lowest BCUT2D eigenvalue weighted by atomic mass is 10.2. The fourth-order valence-corrected chi connectivity index (χ4v) is 3.92. The molecule has 0 aliphatic rings. The van der Waals surface area contributed by atoms with Crippen molar-refractivity contribution in [1.82, 2.24) is 20.1 Å². The van der Waals surface area contributed by atoms with Crippen molar-refractivity contribution in [3.63, 3.8) is 0 Å². The molecule has 1 heterocycles. The molecule has 2 aromatic carbocycles. The Morgan fingerprint density at radius 1 is 1.26 bits per heavy atom. The van der Waals surface area contributed by atoms with Crippen LogP contribution in [0.2, 0.25) is 5.02 Å². The van der Waals surface area contributed by atoms with Gasteiger partial charge in [-0.05, 0) is 25.1 Å². The van der Waals surface area contributed by atoms with Crippen LogP contribution in [0.1, 0.15) is 29.1 Å². The molecule has 0 saturated heterocycles. The number of benzene rings is 2. The molecule has 10 nitrogen and oxygen atoms in total. The summed E-state index contributed by atoms with van der Waals surface area (Å²) in [5, 5.41) is 25.4. The number of allylic oxidation sites excluding steroid dienone is 1. The van der Waals surface area contributed by atoms with Crippen molar-refractivity contribution in [2.75, 3.05) is 11.1 Å². The number of nitro groups is 1. The van der Waals surface area contributed by atoms with Crippen molar-refractivity contribution >= 4 is 46.6 Å². The van der Waals surface area contributed by atoms with Gasteiger partial charge in [0.05, 0.1) is 27.4 Å². The number of nitrogens with zero attached hydrogens (tertiary/aromatic N) is 4. The number of halogens is 1. The number of thioether (sulfide) groups is 1. The van der Waals surface area contributed by atoms with Crippen LogP contribution in [0, 0.1) is 10.1 Å². The van der Waals surface area contributed by atoms with Gasteiger partial charge in [-0.15, -0.1) is 16.8 Å². The van der Waals surface area contributed by atoms with Crippen LogP contribution >= 0.6 is 23.4 Å². The van der Waals surface area contributed by atoms with E-state index in [1.54, 1.807) is 41.8 Å². The molecular weight excluding hydrogens is 480 g/mol. The number of aromatic nitrogens is 3. The van der Waals surface area contributed by atoms with Crippen LogP contribution in [0.25, 0.3) is 0 Å². The van der Waals surface area contributed by atoms with Crippen molar-refractivity contribution < 1.29 is 14.5 Å². The van der Waals surface area contributed by atoms with Gasteiger partial charge in [0, 0.05) is 24.2 Å². The molecular formula is C22H21ClN6O4S. The van der Waals surface area contributed by atoms with Gasteiger partial charge in [0.2, 0.25) is 5.91 Å². The molecule has 12 heteroatoms. The van der Waals surface area contributed by atoms with Crippen molar-refractivity contribution in [2.24, 2.45) is 0 Å². The minimum Gasteiger partial charge on any atom is -0.342 e. The van der Waals surface area contributed by atoms with Crippen LogP contribution in [-0.4, -0.2) is 37.3 Å². The third-order valence-corrected chi connectivity index (χ3v) is 5.89. The lowest BCUT2D eigenvalue weighted by molar-refractivity contribution is -0.384. The number of nitro benzene ring substituents is 1.